The van der Waals surface area contributed by atoms with E-state index in [9.17, 15) is 8.78 Å². The average Bonchev–Trinajstić information content (AvgIpc) is 3.16. The number of rotatable bonds is 3. The quantitative estimate of drug-likeness (QED) is 0.559. The number of aryl methyl sites for hydroxylation is 1. The topological polar surface area (TPSA) is 74.5 Å². The van der Waals surface area contributed by atoms with Crippen LogP contribution in [-0.4, -0.2) is 24.8 Å². The van der Waals surface area contributed by atoms with Gasteiger partial charge in [0, 0.05) is 23.2 Å². The summed E-state index contributed by atoms with van der Waals surface area (Å²) < 4.78 is 29.7. The standard InChI is InChI=1S/C17H13ClF2N6.ClH/c1-25-23-17(22-24-25)16-15(18)12-6-10(19)3-5-14(12)26(16)11-4-2-9(8-21)13(20)7-11;/h2-7H,8,21H2,1H3;1H. The number of nitrogens with zero attached hydrogens (tertiary/aromatic N) is 5. The van der Waals surface area contributed by atoms with E-state index in [4.69, 9.17) is 17.3 Å². The molecule has 0 radical (unpaired) electrons. The van der Waals surface area contributed by atoms with Crippen molar-refractivity contribution in [3.63, 3.8) is 0 Å². The third-order valence-electron chi connectivity index (χ3n) is 4.10. The van der Waals surface area contributed by atoms with Crippen LogP contribution in [0.2, 0.25) is 5.02 Å². The third kappa shape index (κ3) is 3.16. The van der Waals surface area contributed by atoms with E-state index in [1.54, 1.807) is 29.8 Å². The molecule has 2 N–H and O–H groups in total. The lowest BCUT2D eigenvalue weighted by Gasteiger charge is -2.10. The van der Waals surface area contributed by atoms with Gasteiger partial charge in [0.25, 0.3) is 0 Å². The Labute approximate surface area is 163 Å². The van der Waals surface area contributed by atoms with Gasteiger partial charge < -0.3 is 10.3 Å². The van der Waals surface area contributed by atoms with Gasteiger partial charge in [0.05, 0.1) is 17.6 Å². The van der Waals surface area contributed by atoms with Crippen LogP contribution in [0.1, 0.15) is 5.56 Å². The fourth-order valence-corrected chi connectivity index (χ4v) is 3.23. The minimum Gasteiger partial charge on any atom is -0.326 e. The SMILES string of the molecule is Cl.Cn1nnc(-c2c(Cl)c3cc(F)ccc3n2-c2ccc(CN)c(F)c2)n1. The molecule has 4 aromatic rings. The van der Waals surface area contributed by atoms with Crippen molar-refractivity contribution in [1.29, 1.82) is 0 Å². The van der Waals surface area contributed by atoms with E-state index in [0.717, 1.165) is 0 Å². The van der Waals surface area contributed by atoms with E-state index in [1.807, 2.05) is 0 Å². The molecule has 0 amide bonds. The normalized spacial score (nSPS) is 11.0. The molecule has 0 aliphatic carbocycles. The highest BCUT2D eigenvalue weighted by molar-refractivity contribution is 6.38. The number of nitrogens with two attached hydrogens (primary N) is 1. The Bertz CT molecular complexity index is 1140. The summed E-state index contributed by atoms with van der Waals surface area (Å²) in [6.07, 6.45) is 0. The van der Waals surface area contributed by atoms with Gasteiger partial charge in [-0.15, -0.1) is 22.6 Å². The maximum Gasteiger partial charge on any atom is 0.223 e. The van der Waals surface area contributed by atoms with Gasteiger partial charge in [0.15, 0.2) is 0 Å². The molecule has 0 unspecified atom stereocenters. The van der Waals surface area contributed by atoms with Gasteiger partial charge in [0.2, 0.25) is 5.82 Å². The molecule has 6 nitrogen and oxygen atoms in total. The highest BCUT2D eigenvalue weighted by Crippen LogP contribution is 2.38. The molecule has 0 aliphatic heterocycles. The van der Waals surface area contributed by atoms with Crippen molar-refractivity contribution in [3.8, 4) is 17.2 Å². The number of hydrogen-bond acceptors (Lipinski definition) is 4. The van der Waals surface area contributed by atoms with E-state index in [-0.39, 0.29) is 29.8 Å². The van der Waals surface area contributed by atoms with E-state index in [1.165, 1.54) is 23.0 Å². The lowest BCUT2D eigenvalue weighted by molar-refractivity contribution is 0.609. The monoisotopic (exact) mass is 410 g/mol. The first-order valence-electron chi connectivity index (χ1n) is 7.72. The summed E-state index contributed by atoms with van der Waals surface area (Å²) in [7, 11) is 1.62. The summed E-state index contributed by atoms with van der Waals surface area (Å²) in [6, 6.07) is 8.87. The fraction of sp³-hybridized carbons (Fsp3) is 0.118. The first-order chi connectivity index (χ1) is 12.5. The van der Waals surface area contributed by atoms with Crippen LogP contribution < -0.4 is 5.73 Å². The second-order valence-corrected chi connectivity index (χ2v) is 6.12. The summed E-state index contributed by atoms with van der Waals surface area (Å²) in [5.74, 6) is -0.625. The molecule has 140 valence electrons. The van der Waals surface area contributed by atoms with Crippen molar-refractivity contribution in [1.82, 2.24) is 24.8 Å². The molecule has 0 fully saturated rings. The molecule has 0 saturated carbocycles. The summed E-state index contributed by atoms with van der Waals surface area (Å²) in [4.78, 5) is 1.28. The van der Waals surface area contributed by atoms with Gasteiger partial charge in [-0.2, -0.15) is 4.80 Å². The minimum atomic E-state index is -0.442. The number of aromatic nitrogens is 5. The second kappa shape index (κ2) is 7.22. The van der Waals surface area contributed by atoms with Gasteiger partial charge in [-0.1, -0.05) is 17.7 Å². The predicted molar refractivity (Wildman–Crippen MR) is 101 cm³/mol. The minimum absolute atomic E-state index is 0. The largest absolute Gasteiger partial charge is 0.326 e. The van der Waals surface area contributed by atoms with Crippen molar-refractivity contribution in [2.24, 2.45) is 12.8 Å². The number of halogens is 4. The van der Waals surface area contributed by atoms with Crippen LogP contribution in [0.4, 0.5) is 8.78 Å². The van der Waals surface area contributed by atoms with Crippen LogP contribution in [0.15, 0.2) is 36.4 Å². The van der Waals surface area contributed by atoms with E-state index >= 15 is 0 Å². The zero-order valence-corrected chi connectivity index (χ0v) is 15.6. The van der Waals surface area contributed by atoms with Crippen LogP contribution in [0.25, 0.3) is 28.1 Å². The van der Waals surface area contributed by atoms with Crippen LogP contribution in [-0.2, 0) is 13.6 Å². The Hall–Kier alpha value is -2.55. The Kier molecular flexibility index (Phi) is 5.14. The van der Waals surface area contributed by atoms with Crippen LogP contribution in [0, 0.1) is 11.6 Å². The van der Waals surface area contributed by atoms with Gasteiger partial charge in [-0.25, -0.2) is 8.78 Å². The molecule has 27 heavy (non-hydrogen) atoms. The summed E-state index contributed by atoms with van der Waals surface area (Å²) >= 11 is 6.51. The second-order valence-electron chi connectivity index (χ2n) is 5.74. The first-order valence-corrected chi connectivity index (χ1v) is 8.10. The molecule has 0 aliphatic rings. The van der Waals surface area contributed by atoms with Crippen molar-refractivity contribution >= 4 is 34.9 Å². The maximum absolute atomic E-state index is 14.3. The highest BCUT2D eigenvalue weighted by atomic mass is 35.5. The highest BCUT2D eigenvalue weighted by Gasteiger charge is 2.23. The Morgan fingerprint density at radius 3 is 2.56 bits per heavy atom. The summed E-state index contributed by atoms with van der Waals surface area (Å²) in [5, 5.41) is 12.7. The van der Waals surface area contributed by atoms with E-state index < -0.39 is 11.6 Å². The smallest absolute Gasteiger partial charge is 0.223 e. The van der Waals surface area contributed by atoms with Crippen molar-refractivity contribution < 1.29 is 8.78 Å². The van der Waals surface area contributed by atoms with Crippen molar-refractivity contribution in [3.05, 3.63) is 58.6 Å². The van der Waals surface area contributed by atoms with Gasteiger partial charge in [-0.3, -0.25) is 0 Å². The molecule has 0 saturated heterocycles. The molecule has 4 rings (SSSR count). The van der Waals surface area contributed by atoms with Crippen LogP contribution in [0.5, 0.6) is 0 Å². The molecule has 0 bridgehead atoms. The molecule has 2 aromatic carbocycles. The fourth-order valence-electron chi connectivity index (χ4n) is 2.91. The molecule has 2 aromatic heterocycles. The zero-order valence-electron chi connectivity index (χ0n) is 14.0. The molecule has 2 heterocycles. The lowest BCUT2D eigenvalue weighted by atomic mass is 10.2. The molecule has 10 heteroatoms. The van der Waals surface area contributed by atoms with Crippen LogP contribution >= 0.6 is 24.0 Å². The molecule has 0 atom stereocenters. The van der Waals surface area contributed by atoms with Gasteiger partial charge in [0.1, 0.15) is 17.3 Å². The summed E-state index contributed by atoms with van der Waals surface area (Å²) in [5.41, 5.74) is 7.41. The zero-order chi connectivity index (χ0) is 18.4. The van der Waals surface area contributed by atoms with E-state index in [0.29, 0.717) is 27.8 Å². The number of hydrogen-bond donors (Lipinski definition) is 1. The number of fused-ring (bicyclic) bond motifs is 1. The number of benzene rings is 2. The predicted octanol–water partition coefficient (Wildman–Crippen LogP) is 3.63. The number of tetrazole rings is 1. The Balaban J connectivity index is 0.00000210. The Morgan fingerprint density at radius 2 is 1.93 bits per heavy atom. The van der Waals surface area contributed by atoms with Crippen molar-refractivity contribution in [2.45, 2.75) is 6.54 Å². The average molecular weight is 411 g/mol. The van der Waals surface area contributed by atoms with Crippen molar-refractivity contribution in [2.75, 3.05) is 0 Å². The third-order valence-corrected chi connectivity index (χ3v) is 4.48. The van der Waals surface area contributed by atoms with E-state index in [2.05, 4.69) is 15.4 Å². The lowest BCUT2D eigenvalue weighted by Crippen LogP contribution is -2.03. The molecular weight excluding hydrogens is 397 g/mol. The molecule has 0 spiro atoms. The first kappa shape index (κ1) is 19.2. The molecular formula is C17H14Cl2F2N6. The van der Waals surface area contributed by atoms with Crippen LogP contribution in [0.3, 0.4) is 0 Å². The van der Waals surface area contributed by atoms with Gasteiger partial charge >= 0.3 is 0 Å². The maximum atomic E-state index is 14.3. The Morgan fingerprint density at radius 1 is 1.15 bits per heavy atom. The summed E-state index contributed by atoms with van der Waals surface area (Å²) in [6.45, 7) is 0.0864. The van der Waals surface area contributed by atoms with Gasteiger partial charge in [-0.05, 0) is 35.5 Å².